The van der Waals surface area contributed by atoms with Gasteiger partial charge in [-0.3, -0.25) is 14.4 Å². The lowest BCUT2D eigenvalue weighted by Crippen LogP contribution is -2.30. The van der Waals surface area contributed by atoms with Crippen molar-refractivity contribution >= 4 is 63.6 Å². The summed E-state index contributed by atoms with van der Waals surface area (Å²) in [5.41, 5.74) is 2.62. The second-order valence-corrected chi connectivity index (χ2v) is 13.8. The van der Waals surface area contributed by atoms with Gasteiger partial charge in [0.15, 0.2) is 11.5 Å². The van der Waals surface area contributed by atoms with Crippen LogP contribution in [-0.2, 0) is 27.2 Å². The fourth-order valence-electron chi connectivity index (χ4n) is 5.59. The van der Waals surface area contributed by atoms with E-state index in [2.05, 4.69) is 22.9 Å². The number of thiophene rings is 1. The molecule has 1 aromatic heterocycles. The molecule has 13 heteroatoms. The number of anilines is 2. The van der Waals surface area contributed by atoms with Crippen molar-refractivity contribution in [3.63, 3.8) is 0 Å². The fourth-order valence-corrected chi connectivity index (χ4v) is 7.76. The quantitative estimate of drug-likeness (QED) is 0.0768. The molecule has 5 rings (SSSR count). The third-order valence-corrected chi connectivity index (χ3v) is 10.3. The Balaban J connectivity index is 1.33. The van der Waals surface area contributed by atoms with E-state index >= 15 is 0 Å². The van der Waals surface area contributed by atoms with Crippen molar-refractivity contribution in [2.75, 3.05) is 44.8 Å². The van der Waals surface area contributed by atoms with Crippen LogP contribution >= 0.6 is 23.1 Å². The fraction of sp³-hybridized carbons (Fsp3) is 0.263. The van der Waals surface area contributed by atoms with Gasteiger partial charge in [0.2, 0.25) is 5.91 Å². The van der Waals surface area contributed by atoms with Gasteiger partial charge in [0.05, 0.1) is 39.8 Å². The van der Waals surface area contributed by atoms with Crippen molar-refractivity contribution in [1.82, 2.24) is 5.32 Å². The van der Waals surface area contributed by atoms with E-state index in [-0.39, 0.29) is 17.4 Å². The molecule has 1 aliphatic rings. The zero-order valence-electron chi connectivity index (χ0n) is 28.9. The van der Waals surface area contributed by atoms with Crippen molar-refractivity contribution in [1.29, 1.82) is 0 Å². The molecular weight excluding hydrogens is 691 g/mol. The van der Waals surface area contributed by atoms with Crippen LogP contribution in [-0.4, -0.2) is 57.9 Å². The minimum absolute atomic E-state index is 0.0544. The van der Waals surface area contributed by atoms with E-state index in [1.54, 1.807) is 60.7 Å². The molecule has 3 N–H and O–H groups in total. The molecule has 1 unspecified atom stereocenters. The summed E-state index contributed by atoms with van der Waals surface area (Å²) < 4.78 is 21.4. The van der Waals surface area contributed by atoms with Gasteiger partial charge in [-0.05, 0) is 73.2 Å². The van der Waals surface area contributed by atoms with Gasteiger partial charge in [0.1, 0.15) is 16.4 Å². The summed E-state index contributed by atoms with van der Waals surface area (Å²) in [6.07, 6.45) is 4.10. The maximum absolute atomic E-state index is 13.8. The topological polar surface area (TPSA) is 141 Å². The molecule has 266 valence electrons. The maximum atomic E-state index is 13.8. The van der Waals surface area contributed by atoms with Crippen LogP contribution < -0.4 is 30.2 Å². The first kappa shape index (κ1) is 37.0. The first-order valence-electron chi connectivity index (χ1n) is 16.1. The number of carbonyl (C=O) groups excluding carboxylic acids is 4. The average molecular weight is 730 g/mol. The second kappa shape index (κ2) is 17.1. The number of benzene rings is 3. The Bertz CT molecular complexity index is 1960. The number of amides is 3. The van der Waals surface area contributed by atoms with E-state index < -0.39 is 17.8 Å². The van der Waals surface area contributed by atoms with E-state index in [4.69, 9.17) is 18.9 Å². The van der Waals surface area contributed by atoms with E-state index in [9.17, 15) is 19.2 Å². The minimum atomic E-state index is -0.595. The largest absolute Gasteiger partial charge is 0.496 e. The molecule has 51 heavy (non-hydrogen) atoms. The maximum Gasteiger partial charge on any atom is 0.341 e. The summed E-state index contributed by atoms with van der Waals surface area (Å²) >= 11 is 2.71. The predicted molar refractivity (Wildman–Crippen MR) is 199 cm³/mol. The van der Waals surface area contributed by atoms with Crippen molar-refractivity contribution in [3.8, 4) is 17.2 Å². The third-order valence-electron chi connectivity index (χ3n) is 8.18. The number of hydrogen-bond donors (Lipinski definition) is 3. The predicted octanol–water partition coefficient (Wildman–Crippen LogP) is 6.83. The Kier molecular flexibility index (Phi) is 12.4. The highest BCUT2D eigenvalue weighted by molar-refractivity contribution is 8.00. The van der Waals surface area contributed by atoms with Crippen LogP contribution in [0.2, 0.25) is 0 Å². The van der Waals surface area contributed by atoms with E-state index in [1.165, 1.54) is 57.6 Å². The molecule has 1 heterocycles. The highest BCUT2D eigenvalue weighted by Gasteiger charge is 2.29. The molecule has 1 atom stereocenters. The summed E-state index contributed by atoms with van der Waals surface area (Å²) in [6.45, 7) is 2.18. The number of rotatable bonds is 13. The minimum Gasteiger partial charge on any atom is -0.496 e. The van der Waals surface area contributed by atoms with Crippen molar-refractivity contribution < 1.29 is 38.1 Å². The standard InChI is InChI=1S/C38H39N3O8S2/c1-22-14-15-27-32(16-22)51-37(34(27)38(45)49-5)41-33(42)21-50-26-13-9-12-25(19-26)39-36(44)28(40-35(43)23-10-7-6-8-11-23)17-24-18-30(47-3)31(48-4)20-29(24)46-2/h6-13,17-20,22H,14-16,21H2,1-5H3,(H,39,44)(H,40,43)(H,41,42)/b28-17+. The summed E-state index contributed by atoms with van der Waals surface area (Å²) in [5, 5.41) is 9.01. The first-order chi connectivity index (χ1) is 24.6. The van der Waals surface area contributed by atoms with Gasteiger partial charge in [0.25, 0.3) is 11.8 Å². The molecule has 0 radical (unpaired) electrons. The van der Waals surface area contributed by atoms with Gasteiger partial charge in [-0.1, -0.05) is 31.2 Å². The molecule has 0 fully saturated rings. The highest BCUT2D eigenvalue weighted by Crippen LogP contribution is 2.40. The number of thioether (sulfide) groups is 1. The van der Waals surface area contributed by atoms with Gasteiger partial charge in [-0.2, -0.15) is 0 Å². The Hall–Kier alpha value is -5.27. The zero-order chi connectivity index (χ0) is 36.5. The van der Waals surface area contributed by atoms with Crippen LogP contribution in [0.3, 0.4) is 0 Å². The smallest absolute Gasteiger partial charge is 0.341 e. The first-order valence-corrected chi connectivity index (χ1v) is 17.9. The molecule has 0 aliphatic heterocycles. The van der Waals surface area contributed by atoms with E-state index in [0.29, 0.717) is 50.5 Å². The second-order valence-electron chi connectivity index (χ2n) is 11.7. The number of carbonyl (C=O) groups is 4. The molecule has 3 aromatic carbocycles. The number of hydrogen-bond acceptors (Lipinski definition) is 10. The number of esters is 1. The normalized spacial score (nSPS) is 13.7. The van der Waals surface area contributed by atoms with Gasteiger partial charge in [0, 0.05) is 32.7 Å². The van der Waals surface area contributed by atoms with Crippen LogP contribution in [0.15, 0.2) is 77.3 Å². The number of fused-ring (bicyclic) bond motifs is 1. The molecule has 0 saturated heterocycles. The van der Waals surface area contributed by atoms with Crippen LogP contribution in [0.25, 0.3) is 6.08 Å². The molecular formula is C38H39N3O8S2. The lowest BCUT2D eigenvalue weighted by atomic mass is 9.88. The van der Waals surface area contributed by atoms with Crippen molar-refractivity contribution in [2.24, 2.45) is 5.92 Å². The third kappa shape index (κ3) is 9.10. The van der Waals surface area contributed by atoms with Crippen LogP contribution in [0.5, 0.6) is 17.2 Å². The number of methoxy groups -OCH3 is 4. The molecule has 0 bridgehead atoms. The summed E-state index contributed by atoms with van der Waals surface area (Å²) in [4.78, 5) is 54.5. The van der Waals surface area contributed by atoms with Crippen LogP contribution in [0, 0.1) is 5.92 Å². The Morgan fingerprint density at radius 2 is 1.61 bits per heavy atom. The molecule has 4 aromatic rings. The Morgan fingerprint density at radius 3 is 2.31 bits per heavy atom. The number of nitrogens with one attached hydrogen (secondary N) is 3. The van der Waals surface area contributed by atoms with Gasteiger partial charge in [-0.15, -0.1) is 23.1 Å². The Labute approximate surface area is 304 Å². The monoisotopic (exact) mass is 729 g/mol. The lowest BCUT2D eigenvalue weighted by Gasteiger charge is -2.18. The van der Waals surface area contributed by atoms with Gasteiger partial charge in [-0.25, -0.2) is 4.79 Å². The summed E-state index contributed by atoms with van der Waals surface area (Å²) in [5.74, 6) is -0.00689. The zero-order valence-corrected chi connectivity index (χ0v) is 30.5. The SMILES string of the molecule is COC(=O)c1c(NC(=O)CSc2cccc(NC(=O)/C(=C\c3cc(OC)c(OC)cc3OC)NC(=O)c3ccccc3)c2)sc2c1CCC(C)C2. The van der Waals surface area contributed by atoms with E-state index in [1.807, 2.05) is 6.07 Å². The van der Waals surface area contributed by atoms with Gasteiger partial charge >= 0.3 is 5.97 Å². The Morgan fingerprint density at radius 1 is 0.882 bits per heavy atom. The molecule has 11 nitrogen and oxygen atoms in total. The van der Waals surface area contributed by atoms with Crippen LogP contribution in [0.1, 0.15) is 50.1 Å². The molecule has 0 spiro atoms. The summed E-state index contributed by atoms with van der Waals surface area (Å²) in [6, 6.07) is 18.8. The van der Waals surface area contributed by atoms with Crippen molar-refractivity contribution in [2.45, 2.75) is 31.1 Å². The molecule has 1 aliphatic carbocycles. The lowest BCUT2D eigenvalue weighted by molar-refractivity contribution is -0.114. The summed E-state index contributed by atoms with van der Waals surface area (Å²) in [7, 11) is 5.82. The number of ether oxygens (including phenoxy) is 4. The molecule has 0 saturated carbocycles. The highest BCUT2D eigenvalue weighted by atomic mass is 32.2. The molecule has 3 amide bonds. The van der Waals surface area contributed by atoms with Gasteiger partial charge < -0.3 is 34.9 Å². The van der Waals surface area contributed by atoms with E-state index in [0.717, 1.165) is 34.6 Å². The van der Waals surface area contributed by atoms with Crippen LogP contribution in [0.4, 0.5) is 10.7 Å². The average Bonchev–Trinajstić information content (AvgIpc) is 3.49. The van der Waals surface area contributed by atoms with Crippen molar-refractivity contribution in [3.05, 3.63) is 99.6 Å².